The summed E-state index contributed by atoms with van der Waals surface area (Å²) in [6, 6.07) is 4.34. The molecule has 0 bridgehead atoms. The van der Waals surface area contributed by atoms with E-state index < -0.39 is 23.8 Å². The van der Waals surface area contributed by atoms with E-state index in [0.29, 0.717) is 11.5 Å². The van der Waals surface area contributed by atoms with Crippen molar-refractivity contribution in [2.45, 2.75) is 25.1 Å². The number of hydrogen-bond donors (Lipinski definition) is 1. The third-order valence-electron chi connectivity index (χ3n) is 3.56. The van der Waals surface area contributed by atoms with Crippen LogP contribution in [0.2, 0.25) is 0 Å². The highest BCUT2D eigenvalue weighted by Crippen LogP contribution is 2.39. The van der Waals surface area contributed by atoms with Gasteiger partial charge in [0.05, 0.1) is 5.57 Å². The van der Waals surface area contributed by atoms with Gasteiger partial charge >= 0.3 is 12.1 Å². The largest absolute Gasteiger partial charge is 0.478 e. The first-order valence-corrected chi connectivity index (χ1v) is 7.21. The minimum absolute atomic E-state index is 0.0692. The van der Waals surface area contributed by atoms with Crippen LogP contribution in [0.1, 0.15) is 18.4 Å². The second-order valence-corrected chi connectivity index (χ2v) is 5.33. The van der Waals surface area contributed by atoms with Gasteiger partial charge in [-0.15, -0.1) is 0 Å². The van der Waals surface area contributed by atoms with E-state index in [1.54, 1.807) is 12.1 Å². The molecule has 7 heteroatoms. The third-order valence-corrected chi connectivity index (χ3v) is 3.56. The van der Waals surface area contributed by atoms with Crippen LogP contribution in [0, 0.1) is 0 Å². The van der Waals surface area contributed by atoms with Gasteiger partial charge in [-0.2, -0.15) is 13.2 Å². The van der Waals surface area contributed by atoms with Crippen molar-refractivity contribution in [3.05, 3.63) is 53.3 Å². The molecule has 0 unspecified atom stereocenters. The van der Waals surface area contributed by atoms with Crippen molar-refractivity contribution in [3.8, 4) is 11.5 Å². The lowest BCUT2D eigenvalue weighted by Gasteiger charge is -2.27. The van der Waals surface area contributed by atoms with Gasteiger partial charge in [-0.05, 0) is 43.2 Å². The van der Waals surface area contributed by atoms with Crippen molar-refractivity contribution < 1.29 is 32.5 Å². The number of carbonyl (C=O) groups is 1. The van der Waals surface area contributed by atoms with Gasteiger partial charge in [0.25, 0.3) is 0 Å². The third kappa shape index (κ3) is 3.29. The highest BCUT2D eigenvalue weighted by Gasteiger charge is 2.48. The Kier molecular flexibility index (Phi) is 4.09. The molecule has 0 amide bonds. The molecule has 4 nitrogen and oxygen atoms in total. The second-order valence-electron chi connectivity index (χ2n) is 5.33. The maximum Gasteiger partial charge on any atom is 0.430 e. The van der Waals surface area contributed by atoms with Crippen LogP contribution < -0.4 is 9.47 Å². The molecule has 1 heterocycles. The summed E-state index contributed by atoms with van der Waals surface area (Å²) in [6.45, 7) is 0. The predicted molar refractivity (Wildman–Crippen MR) is 79.6 cm³/mol. The number of rotatable bonds is 3. The fraction of sp³-hybridized carbons (Fsp3) is 0.235. The molecule has 0 saturated heterocycles. The van der Waals surface area contributed by atoms with E-state index in [2.05, 4.69) is 0 Å². The van der Waals surface area contributed by atoms with Crippen molar-refractivity contribution in [2.24, 2.45) is 0 Å². The van der Waals surface area contributed by atoms with Gasteiger partial charge in [0, 0.05) is 11.6 Å². The summed E-state index contributed by atoms with van der Waals surface area (Å²) in [6.07, 6.45) is 0.977. The van der Waals surface area contributed by atoms with Crippen molar-refractivity contribution in [3.63, 3.8) is 0 Å². The van der Waals surface area contributed by atoms with Crippen LogP contribution in [-0.4, -0.2) is 23.4 Å². The number of carboxylic acid groups (broad SMARTS) is 1. The zero-order valence-electron chi connectivity index (χ0n) is 12.3. The Bertz CT molecular complexity index is 760. The average molecular weight is 338 g/mol. The molecule has 1 atom stereocenters. The molecule has 0 spiro atoms. The standard InChI is InChI=1S/C17H13F3O4/c18-17(19,20)15-13(16(21)22)8-10-6-7-12(9-14(10)24-15)23-11-4-2-1-3-5-11/h2,4-9,15H,1,3H2,(H,21,22)/t15-/m0/s1. The Labute approximate surface area is 135 Å². The summed E-state index contributed by atoms with van der Waals surface area (Å²) in [5.41, 5.74) is -0.588. The van der Waals surface area contributed by atoms with E-state index in [4.69, 9.17) is 14.6 Å². The zero-order valence-corrected chi connectivity index (χ0v) is 12.3. The second kappa shape index (κ2) is 6.07. The minimum Gasteiger partial charge on any atom is -0.478 e. The van der Waals surface area contributed by atoms with Gasteiger partial charge in [0.2, 0.25) is 6.10 Å². The van der Waals surface area contributed by atoms with Crippen LogP contribution in [0.15, 0.2) is 47.8 Å². The molecule has 0 aromatic heterocycles. The Morgan fingerprint density at radius 2 is 2.08 bits per heavy atom. The van der Waals surface area contributed by atoms with E-state index in [9.17, 15) is 18.0 Å². The molecule has 3 rings (SSSR count). The molecular weight excluding hydrogens is 325 g/mol. The molecule has 126 valence electrons. The summed E-state index contributed by atoms with van der Waals surface area (Å²) in [4.78, 5) is 11.1. The van der Waals surface area contributed by atoms with Gasteiger partial charge in [-0.1, -0.05) is 6.08 Å². The monoisotopic (exact) mass is 338 g/mol. The first kappa shape index (κ1) is 16.2. The highest BCUT2D eigenvalue weighted by molar-refractivity contribution is 5.95. The molecule has 1 aromatic carbocycles. The molecule has 1 aromatic rings. The van der Waals surface area contributed by atoms with E-state index >= 15 is 0 Å². The lowest BCUT2D eigenvalue weighted by atomic mass is 10.0. The number of ether oxygens (including phenoxy) is 2. The number of fused-ring (bicyclic) bond motifs is 1. The predicted octanol–water partition coefficient (Wildman–Crippen LogP) is 4.09. The first-order chi connectivity index (χ1) is 11.3. The minimum atomic E-state index is -4.83. The average Bonchev–Trinajstić information content (AvgIpc) is 2.53. The van der Waals surface area contributed by atoms with Gasteiger partial charge in [-0.3, -0.25) is 0 Å². The van der Waals surface area contributed by atoms with Crippen LogP contribution in [0.4, 0.5) is 13.2 Å². The maximum absolute atomic E-state index is 13.0. The molecule has 0 fully saturated rings. The quantitative estimate of drug-likeness (QED) is 0.902. The van der Waals surface area contributed by atoms with Crippen LogP contribution in [-0.2, 0) is 4.79 Å². The summed E-state index contributed by atoms with van der Waals surface area (Å²) < 4.78 is 49.6. The Balaban J connectivity index is 1.92. The molecule has 24 heavy (non-hydrogen) atoms. The topological polar surface area (TPSA) is 55.8 Å². The van der Waals surface area contributed by atoms with Crippen LogP contribution in [0.3, 0.4) is 0 Å². The van der Waals surface area contributed by atoms with E-state index in [1.165, 1.54) is 12.1 Å². The lowest BCUT2D eigenvalue weighted by Crippen LogP contribution is -2.40. The number of halogens is 3. The number of hydrogen-bond acceptors (Lipinski definition) is 3. The van der Waals surface area contributed by atoms with Crippen molar-refractivity contribution in [2.75, 3.05) is 0 Å². The summed E-state index contributed by atoms with van der Waals surface area (Å²) >= 11 is 0. The van der Waals surface area contributed by atoms with Gasteiger partial charge < -0.3 is 14.6 Å². The number of benzene rings is 1. The molecule has 2 aliphatic rings. The first-order valence-electron chi connectivity index (χ1n) is 7.21. The summed E-state index contributed by atoms with van der Waals surface area (Å²) in [7, 11) is 0. The number of alkyl halides is 3. The van der Waals surface area contributed by atoms with Crippen molar-refractivity contribution >= 4 is 12.0 Å². The van der Waals surface area contributed by atoms with Gasteiger partial charge in [-0.25, -0.2) is 4.79 Å². The molecule has 1 N–H and O–H groups in total. The highest BCUT2D eigenvalue weighted by atomic mass is 19.4. The fourth-order valence-electron chi connectivity index (χ4n) is 2.45. The molecule has 1 aliphatic heterocycles. The molecule has 1 aliphatic carbocycles. The normalized spacial score (nSPS) is 19.7. The number of carboxylic acids is 1. The van der Waals surface area contributed by atoms with E-state index in [0.717, 1.165) is 18.9 Å². The maximum atomic E-state index is 13.0. The van der Waals surface area contributed by atoms with Crippen LogP contribution >= 0.6 is 0 Å². The van der Waals surface area contributed by atoms with E-state index in [-0.39, 0.29) is 11.3 Å². The number of allylic oxidation sites excluding steroid dienone is 3. The van der Waals surface area contributed by atoms with Gasteiger partial charge in [0.1, 0.15) is 17.3 Å². The molecule has 0 saturated carbocycles. The van der Waals surface area contributed by atoms with Crippen molar-refractivity contribution in [1.82, 2.24) is 0 Å². The SMILES string of the molecule is O=C(O)C1=Cc2ccc(OC3=CCCC=C3)cc2O[C@@H]1C(F)(F)F. The van der Waals surface area contributed by atoms with Gasteiger partial charge in [0.15, 0.2) is 0 Å². The smallest absolute Gasteiger partial charge is 0.430 e. The lowest BCUT2D eigenvalue weighted by molar-refractivity contribution is -0.187. The Hall–Kier alpha value is -2.70. The summed E-state index contributed by atoms with van der Waals surface area (Å²) in [5.74, 6) is -0.813. The van der Waals surface area contributed by atoms with Crippen LogP contribution in [0.25, 0.3) is 6.08 Å². The van der Waals surface area contributed by atoms with Crippen molar-refractivity contribution in [1.29, 1.82) is 0 Å². The fourth-order valence-corrected chi connectivity index (χ4v) is 2.45. The molecule has 0 radical (unpaired) electrons. The Morgan fingerprint density at radius 3 is 2.71 bits per heavy atom. The van der Waals surface area contributed by atoms with E-state index in [1.807, 2.05) is 12.2 Å². The van der Waals surface area contributed by atoms with Crippen LogP contribution in [0.5, 0.6) is 11.5 Å². The molecular formula is C17H13F3O4. The zero-order chi connectivity index (χ0) is 17.3. The Morgan fingerprint density at radius 1 is 1.29 bits per heavy atom. The summed E-state index contributed by atoms with van der Waals surface area (Å²) in [5, 5.41) is 8.98. The number of aliphatic carboxylic acids is 1.